The van der Waals surface area contributed by atoms with Crippen molar-refractivity contribution in [2.75, 3.05) is 5.32 Å². The minimum Gasteiger partial charge on any atom is -0.459 e. The van der Waals surface area contributed by atoms with E-state index in [0.29, 0.717) is 11.6 Å². The first-order valence-corrected chi connectivity index (χ1v) is 6.33. The Hall–Kier alpha value is -2.96. The van der Waals surface area contributed by atoms with Gasteiger partial charge in [0.2, 0.25) is 5.95 Å². The molecule has 0 unspecified atom stereocenters. The Morgan fingerprint density at radius 2 is 2.00 bits per heavy atom. The first-order valence-electron chi connectivity index (χ1n) is 6.33. The van der Waals surface area contributed by atoms with Crippen molar-refractivity contribution in [1.29, 1.82) is 0 Å². The molecular weight excluding hydrogens is 270 g/mol. The van der Waals surface area contributed by atoms with Crippen molar-refractivity contribution < 1.29 is 9.21 Å². The van der Waals surface area contributed by atoms with Gasteiger partial charge < -0.3 is 9.73 Å². The topological polar surface area (TPSA) is 85.8 Å². The lowest BCUT2D eigenvalue weighted by atomic mass is 10.4. The van der Waals surface area contributed by atoms with Gasteiger partial charge in [0, 0.05) is 5.69 Å². The quantitative estimate of drug-likeness (QED) is 0.795. The molecule has 0 radical (unpaired) electrons. The molecule has 0 saturated carbocycles. The van der Waals surface area contributed by atoms with E-state index in [0.717, 1.165) is 11.4 Å². The summed E-state index contributed by atoms with van der Waals surface area (Å²) < 4.78 is 6.80. The van der Waals surface area contributed by atoms with Gasteiger partial charge in [-0.2, -0.15) is 0 Å². The molecule has 7 heteroatoms. The third kappa shape index (κ3) is 2.53. The fraction of sp³-hybridized carbons (Fsp3) is 0.143. The van der Waals surface area contributed by atoms with Crippen molar-refractivity contribution in [3.8, 4) is 5.95 Å². The number of rotatable bonds is 3. The predicted octanol–water partition coefficient (Wildman–Crippen LogP) is 2.12. The molecule has 0 aromatic carbocycles. The summed E-state index contributed by atoms with van der Waals surface area (Å²) in [4.78, 5) is 24.5. The molecule has 0 fully saturated rings. The van der Waals surface area contributed by atoms with E-state index >= 15 is 0 Å². The fourth-order valence-corrected chi connectivity index (χ4v) is 1.81. The van der Waals surface area contributed by atoms with Gasteiger partial charge in [0.1, 0.15) is 6.33 Å². The Morgan fingerprint density at radius 1 is 1.24 bits per heavy atom. The van der Waals surface area contributed by atoms with Gasteiger partial charge in [-0.1, -0.05) is 0 Å². The normalized spacial score (nSPS) is 10.6. The molecule has 3 aromatic heterocycles. The maximum Gasteiger partial charge on any atom is 0.291 e. The SMILES string of the molecule is Cc1ncn(-c2ncc(NC(=O)c3ccco3)cn2)c1C. The van der Waals surface area contributed by atoms with E-state index in [1.54, 1.807) is 23.0 Å². The van der Waals surface area contributed by atoms with E-state index in [-0.39, 0.29) is 11.7 Å². The second kappa shape index (κ2) is 5.20. The van der Waals surface area contributed by atoms with Crippen molar-refractivity contribution in [1.82, 2.24) is 19.5 Å². The number of aryl methyl sites for hydroxylation is 1. The van der Waals surface area contributed by atoms with Crippen LogP contribution < -0.4 is 5.32 Å². The van der Waals surface area contributed by atoms with Gasteiger partial charge in [0.05, 0.1) is 30.0 Å². The van der Waals surface area contributed by atoms with Gasteiger partial charge in [-0.15, -0.1) is 0 Å². The molecule has 3 rings (SSSR count). The van der Waals surface area contributed by atoms with E-state index < -0.39 is 0 Å². The monoisotopic (exact) mass is 283 g/mol. The molecule has 0 bridgehead atoms. The van der Waals surface area contributed by atoms with Gasteiger partial charge in [0.25, 0.3) is 5.91 Å². The molecule has 0 atom stereocenters. The number of anilines is 1. The molecule has 0 saturated heterocycles. The minimum atomic E-state index is -0.342. The number of carbonyl (C=O) groups excluding carboxylic acids is 1. The van der Waals surface area contributed by atoms with Crippen LogP contribution >= 0.6 is 0 Å². The average molecular weight is 283 g/mol. The Labute approximate surface area is 120 Å². The number of amides is 1. The molecule has 106 valence electrons. The lowest BCUT2D eigenvalue weighted by Gasteiger charge is -2.05. The van der Waals surface area contributed by atoms with Gasteiger partial charge in [-0.3, -0.25) is 9.36 Å². The van der Waals surface area contributed by atoms with Gasteiger partial charge in [0.15, 0.2) is 5.76 Å². The summed E-state index contributed by atoms with van der Waals surface area (Å²) in [6.07, 6.45) is 6.19. The highest BCUT2D eigenvalue weighted by Crippen LogP contribution is 2.12. The largest absolute Gasteiger partial charge is 0.459 e. The number of furan rings is 1. The summed E-state index contributed by atoms with van der Waals surface area (Å²) in [7, 11) is 0. The molecule has 3 aromatic rings. The molecule has 0 aliphatic heterocycles. The summed E-state index contributed by atoms with van der Waals surface area (Å²) in [5.41, 5.74) is 2.39. The molecule has 0 aliphatic rings. The summed E-state index contributed by atoms with van der Waals surface area (Å²) in [5, 5.41) is 2.66. The Balaban J connectivity index is 1.78. The lowest BCUT2D eigenvalue weighted by molar-refractivity contribution is 0.0996. The molecule has 1 amide bonds. The zero-order chi connectivity index (χ0) is 14.8. The number of nitrogens with one attached hydrogen (secondary N) is 1. The molecule has 0 aliphatic carbocycles. The third-order valence-corrected chi connectivity index (χ3v) is 3.11. The van der Waals surface area contributed by atoms with Crippen LogP contribution in [0, 0.1) is 13.8 Å². The maximum absolute atomic E-state index is 11.8. The second-order valence-corrected chi connectivity index (χ2v) is 4.49. The van der Waals surface area contributed by atoms with Crippen molar-refractivity contribution in [3.05, 3.63) is 54.3 Å². The fourth-order valence-electron chi connectivity index (χ4n) is 1.81. The van der Waals surface area contributed by atoms with Gasteiger partial charge >= 0.3 is 0 Å². The van der Waals surface area contributed by atoms with Crippen LogP contribution in [0.1, 0.15) is 21.9 Å². The Bertz CT molecular complexity index is 759. The Kier molecular flexibility index (Phi) is 3.23. The van der Waals surface area contributed by atoms with Crippen LogP contribution in [0.25, 0.3) is 5.95 Å². The van der Waals surface area contributed by atoms with E-state index in [1.807, 2.05) is 13.8 Å². The smallest absolute Gasteiger partial charge is 0.291 e. The average Bonchev–Trinajstić information content (AvgIpc) is 3.12. The number of hydrogen-bond donors (Lipinski definition) is 1. The summed E-state index contributed by atoms with van der Waals surface area (Å²) in [6.45, 7) is 3.86. The highest BCUT2D eigenvalue weighted by molar-refractivity contribution is 6.01. The maximum atomic E-state index is 11.8. The lowest BCUT2D eigenvalue weighted by Crippen LogP contribution is -2.12. The second-order valence-electron chi connectivity index (χ2n) is 4.49. The molecule has 1 N–H and O–H groups in total. The van der Waals surface area contributed by atoms with E-state index in [9.17, 15) is 4.79 Å². The van der Waals surface area contributed by atoms with E-state index in [4.69, 9.17) is 4.42 Å². The van der Waals surface area contributed by atoms with Crippen molar-refractivity contribution >= 4 is 11.6 Å². The zero-order valence-electron chi connectivity index (χ0n) is 11.6. The van der Waals surface area contributed by atoms with E-state index in [2.05, 4.69) is 20.3 Å². The molecular formula is C14H13N5O2. The first kappa shape index (κ1) is 13.0. The number of carbonyl (C=O) groups is 1. The van der Waals surface area contributed by atoms with Crippen molar-refractivity contribution in [3.63, 3.8) is 0 Å². The first-order chi connectivity index (χ1) is 10.1. The van der Waals surface area contributed by atoms with Gasteiger partial charge in [-0.05, 0) is 26.0 Å². The zero-order valence-corrected chi connectivity index (χ0v) is 11.6. The number of hydrogen-bond acceptors (Lipinski definition) is 5. The summed E-state index contributed by atoms with van der Waals surface area (Å²) >= 11 is 0. The summed E-state index contributed by atoms with van der Waals surface area (Å²) in [5.74, 6) is 0.398. The van der Waals surface area contributed by atoms with Crippen LogP contribution in [0.15, 0.2) is 41.5 Å². The molecule has 21 heavy (non-hydrogen) atoms. The van der Waals surface area contributed by atoms with Crippen molar-refractivity contribution in [2.24, 2.45) is 0 Å². The van der Waals surface area contributed by atoms with Crippen LogP contribution in [0.5, 0.6) is 0 Å². The minimum absolute atomic E-state index is 0.236. The van der Waals surface area contributed by atoms with Crippen LogP contribution in [0.3, 0.4) is 0 Å². The van der Waals surface area contributed by atoms with E-state index in [1.165, 1.54) is 18.7 Å². The standard InChI is InChI=1S/C14H13N5O2/c1-9-10(2)19(8-17-9)14-15-6-11(7-16-14)18-13(20)12-4-3-5-21-12/h3-8H,1-2H3,(H,18,20). The summed E-state index contributed by atoms with van der Waals surface area (Å²) in [6, 6.07) is 3.24. The van der Waals surface area contributed by atoms with Crippen LogP contribution in [-0.4, -0.2) is 25.4 Å². The number of nitrogens with zero attached hydrogens (tertiary/aromatic N) is 4. The number of aromatic nitrogens is 4. The van der Waals surface area contributed by atoms with Crippen LogP contribution in [0.4, 0.5) is 5.69 Å². The van der Waals surface area contributed by atoms with Crippen LogP contribution in [-0.2, 0) is 0 Å². The predicted molar refractivity (Wildman–Crippen MR) is 75.3 cm³/mol. The molecule has 3 heterocycles. The van der Waals surface area contributed by atoms with Gasteiger partial charge in [-0.25, -0.2) is 15.0 Å². The van der Waals surface area contributed by atoms with Crippen molar-refractivity contribution in [2.45, 2.75) is 13.8 Å². The van der Waals surface area contributed by atoms with Crippen LogP contribution in [0.2, 0.25) is 0 Å². The third-order valence-electron chi connectivity index (χ3n) is 3.11. The highest BCUT2D eigenvalue weighted by Gasteiger charge is 2.10. The molecule has 7 nitrogen and oxygen atoms in total. The highest BCUT2D eigenvalue weighted by atomic mass is 16.3. The molecule has 0 spiro atoms. The number of imidazole rings is 1. The Morgan fingerprint density at radius 3 is 2.57 bits per heavy atom.